The molecule has 1 atom stereocenters. The van der Waals surface area contributed by atoms with E-state index in [0.29, 0.717) is 11.1 Å². The molecule has 1 unspecified atom stereocenters. The van der Waals surface area contributed by atoms with Crippen LogP contribution in [0.1, 0.15) is 16.8 Å². The highest BCUT2D eigenvalue weighted by molar-refractivity contribution is 9.09. The molecule has 0 fully saturated rings. The summed E-state index contributed by atoms with van der Waals surface area (Å²) in [6.45, 7) is 0. The second kappa shape index (κ2) is 4.21. The second-order valence-corrected chi connectivity index (χ2v) is 4.66. The van der Waals surface area contributed by atoms with Gasteiger partial charge in [-0.05, 0) is 17.7 Å². The van der Waals surface area contributed by atoms with Gasteiger partial charge in [-0.15, -0.1) is 0 Å². The molecule has 1 heterocycles. The lowest BCUT2D eigenvalue weighted by molar-refractivity contribution is -0.134. The fourth-order valence-corrected chi connectivity index (χ4v) is 2.13. The van der Waals surface area contributed by atoms with E-state index < -0.39 is 23.2 Å². The van der Waals surface area contributed by atoms with Crippen LogP contribution in [0.5, 0.6) is 0 Å². The number of nitrogens with one attached hydrogen (secondary N) is 1. The number of H-pyrrole nitrogens is 1. The van der Waals surface area contributed by atoms with Gasteiger partial charge in [-0.2, -0.15) is 13.2 Å². The van der Waals surface area contributed by atoms with Gasteiger partial charge in [0.05, 0.1) is 11.9 Å². The average molecular weight is 310 g/mol. The Morgan fingerprint density at radius 3 is 2.76 bits per heavy atom. The van der Waals surface area contributed by atoms with E-state index in [1.807, 2.05) is 0 Å². The molecule has 1 aromatic carbocycles. The molecule has 92 valence electrons. The Labute approximate surface area is 102 Å². The fourth-order valence-electron chi connectivity index (χ4n) is 1.48. The summed E-state index contributed by atoms with van der Waals surface area (Å²) in [5.41, 5.74) is 1.13. The number of fused-ring (bicyclic) bond motifs is 1. The number of benzene rings is 1. The molecule has 0 radical (unpaired) electrons. The third-order valence-electron chi connectivity index (χ3n) is 2.22. The highest BCUT2D eigenvalue weighted by Gasteiger charge is 2.31. The van der Waals surface area contributed by atoms with Gasteiger partial charge in [0.15, 0.2) is 5.58 Å². The molecule has 7 heteroatoms. The van der Waals surface area contributed by atoms with E-state index >= 15 is 0 Å². The van der Waals surface area contributed by atoms with Crippen LogP contribution in [0.25, 0.3) is 11.1 Å². The van der Waals surface area contributed by atoms with Crippen LogP contribution in [0.15, 0.2) is 27.4 Å². The Bertz CT molecular complexity index is 587. The highest BCUT2D eigenvalue weighted by Crippen LogP contribution is 2.36. The number of hydrogen-bond donors (Lipinski definition) is 1. The van der Waals surface area contributed by atoms with Crippen molar-refractivity contribution in [1.29, 1.82) is 0 Å². The summed E-state index contributed by atoms with van der Waals surface area (Å²) in [4.78, 5) is 12.4. The minimum Gasteiger partial charge on any atom is -0.408 e. The number of aromatic nitrogens is 1. The Hall–Kier alpha value is -1.24. The normalized spacial score (nSPS) is 14.1. The van der Waals surface area contributed by atoms with E-state index in [1.165, 1.54) is 18.2 Å². The zero-order chi connectivity index (χ0) is 12.6. The molecule has 1 N–H and O–H groups in total. The average Bonchev–Trinajstić information content (AvgIpc) is 2.53. The lowest BCUT2D eigenvalue weighted by atomic mass is 10.1. The first-order chi connectivity index (χ1) is 7.85. The molecular formula is C10H7BrF3NO2. The third kappa shape index (κ3) is 2.91. The van der Waals surface area contributed by atoms with Crippen molar-refractivity contribution in [2.75, 3.05) is 0 Å². The molecule has 0 saturated carbocycles. The van der Waals surface area contributed by atoms with E-state index in [9.17, 15) is 18.0 Å². The molecule has 2 aromatic rings. The number of rotatable bonds is 2. The Morgan fingerprint density at radius 1 is 1.41 bits per heavy atom. The number of halogens is 4. The zero-order valence-electron chi connectivity index (χ0n) is 8.34. The van der Waals surface area contributed by atoms with Crippen LogP contribution in [0, 0.1) is 0 Å². The lowest BCUT2D eigenvalue weighted by Crippen LogP contribution is -2.10. The summed E-state index contributed by atoms with van der Waals surface area (Å²) in [6.07, 6.45) is -5.23. The van der Waals surface area contributed by atoms with Crippen molar-refractivity contribution >= 4 is 27.0 Å². The first-order valence-electron chi connectivity index (χ1n) is 4.69. The lowest BCUT2D eigenvalue weighted by Gasteiger charge is -2.12. The third-order valence-corrected chi connectivity index (χ3v) is 3.07. The number of aromatic amines is 1. The van der Waals surface area contributed by atoms with Gasteiger partial charge in [-0.3, -0.25) is 4.98 Å². The van der Waals surface area contributed by atoms with Crippen LogP contribution in [0.4, 0.5) is 13.2 Å². The van der Waals surface area contributed by atoms with Gasteiger partial charge in [-0.25, -0.2) is 4.79 Å². The zero-order valence-corrected chi connectivity index (χ0v) is 9.93. The minimum absolute atomic E-state index is 0.249. The van der Waals surface area contributed by atoms with Gasteiger partial charge < -0.3 is 4.42 Å². The largest absolute Gasteiger partial charge is 0.417 e. The van der Waals surface area contributed by atoms with Gasteiger partial charge in [0.1, 0.15) is 0 Å². The van der Waals surface area contributed by atoms with Crippen molar-refractivity contribution in [3.63, 3.8) is 0 Å². The molecule has 0 aliphatic heterocycles. The van der Waals surface area contributed by atoms with Crippen molar-refractivity contribution in [3.8, 4) is 0 Å². The van der Waals surface area contributed by atoms with Gasteiger partial charge in [0, 0.05) is 4.83 Å². The van der Waals surface area contributed by atoms with Gasteiger partial charge in [-0.1, -0.05) is 22.0 Å². The SMILES string of the molecule is O=c1[nH]c2ccc(C(Br)CC(F)(F)F)cc2o1. The number of alkyl halides is 4. The summed E-state index contributed by atoms with van der Waals surface area (Å²) in [6, 6.07) is 4.44. The predicted octanol–water partition coefficient (Wildman–Crippen LogP) is 3.51. The predicted molar refractivity (Wildman–Crippen MR) is 59.2 cm³/mol. The van der Waals surface area contributed by atoms with Crippen LogP contribution < -0.4 is 5.76 Å². The van der Waals surface area contributed by atoms with Crippen molar-refractivity contribution in [2.45, 2.75) is 17.4 Å². The number of hydrogen-bond acceptors (Lipinski definition) is 2. The quantitative estimate of drug-likeness (QED) is 0.863. The molecule has 3 nitrogen and oxygen atoms in total. The molecule has 17 heavy (non-hydrogen) atoms. The van der Waals surface area contributed by atoms with E-state index in [1.54, 1.807) is 0 Å². The standard InChI is InChI=1S/C10H7BrF3NO2/c11-6(4-10(12,13)14)5-1-2-7-8(3-5)17-9(16)15-7/h1-3,6H,4H2,(H,15,16). The van der Waals surface area contributed by atoms with Crippen molar-refractivity contribution in [2.24, 2.45) is 0 Å². The van der Waals surface area contributed by atoms with Crippen LogP contribution in [0.2, 0.25) is 0 Å². The molecule has 0 spiro atoms. The summed E-state index contributed by atoms with van der Waals surface area (Å²) in [5, 5.41) is 0. The number of oxazole rings is 1. The molecule has 0 amide bonds. The summed E-state index contributed by atoms with van der Waals surface area (Å²) >= 11 is 2.96. The molecule has 0 bridgehead atoms. The van der Waals surface area contributed by atoms with Crippen LogP contribution in [-0.4, -0.2) is 11.2 Å². The van der Waals surface area contributed by atoms with Gasteiger partial charge in [0.2, 0.25) is 0 Å². The molecule has 0 saturated heterocycles. The monoisotopic (exact) mass is 309 g/mol. The van der Waals surface area contributed by atoms with E-state index in [0.717, 1.165) is 0 Å². The molecule has 0 aliphatic rings. The summed E-state index contributed by atoms with van der Waals surface area (Å²) < 4.78 is 41.4. The van der Waals surface area contributed by atoms with Crippen LogP contribution in [0.3, 0.4) is 0 Å². The molecular weight excluding hydrogens is 303 g/mol. The van der Waals surface area contributed by atoms with Gasteiger partial charge >= 0.3 is 11.9 Å². The van der Waals surface area contributed by atoms with Gasteiger partial charge in [0.25, 0.3) is 0 Å². The smallest absolute Gasteiger partial charge is 0.408 e. The van der Waals surface area contributed by atoms with E-state index in [2.05, 4.69) is 20.9 Å². The molecule has 0 aliphatic carbocycles. The summed E-state index contributed by atoms with van der Waals surface area (Å²) in [7, 11) is 0. The second-order valence-electron chi connectivity index (χ2n) is 3.56. The van der Waals surface area contributed by atoms with E-state index in [-0.39, 0.29) is 5.58 Å². The molecule has 2 rings (SSSR count). The van der Waals surface area contributed by atoms with Crippen LogP contribution in [-0.2, 0) is 0 Å². The Kier molecular flexibility index (Phi) is 3.03. The first-order valence-corrected chi connectivity index (χ1v) is 5.60. The highest BCUT2D eigenvalue weighted by atomic mass is 79.9. The van der Waals surface area contributed by atoms with E-state index in [4.69, 9.17) is 4.42 Å². The molecule has 1 aromatic heterocycles. The fraction of sp³-hybridized carbons (Fsp3) is 0.300. The van der Waals surface area contributed by atoms with Crippen LogP contribution >= 0.6 is 15.9 Å². The van der Waals surface area contributed by atoms with Crippen molar-refractivity contribution in [3.05, 3.63) is 34.3 Å². The maximum absolute atomic E-state index is 12.2. The van der Waals surface area contributed by atoms with Crippen molar-refractivity contribution < 1.29 is 17.6 Å². The summed E-state index contributed by atoms with van der Waals surface area (Å²) in [5.74, 6) is -0.626. The Morgan fingerprint density at radius 2 is 2.12 bits per heavy atom. The topological polar surface area (TPSA) is 46.0 Å². The first kappa shape index (κ1) is 12.2. The Balaban J connectivity index is 2.32. The van der Waals surface area contributed by atoms with Crippen molar-refractivity contribution in [1.82, 2.24) is 4.98 Å². The maximum Gasteiger partial charge on any atom is 0.417 e. The minimum atomic E-state index is -4.25. The maximum atomic E-state index is 12.2.